The number of amides is 1. The van der Waals surface area contributed by atoms with Gasteiger partial charge in [0.1, 0.15) is 6.61 Å². The van der Waals surface area contributed by atoms with Crippen molar-refractivity contribution in [3.05, 3.63) is 35.4 Å². The number of cyclic esters (lactones) is 1. The molecule has 1 aliphatic heterocycles. The zero-order chi connectivity index (χ0) is 10.8. The Morgan fingerprint density at radius 1 is 1.33 bits per heavy atom. The molecule has 0 saturated carbocycles. The van der Waals surface area contributed by atoms with Crippen LogP contribution in [-0.2, 0) is 4.74 Å². The van der Waals surface area contributed by atoms with Gasteiger partial charge in [-0.1, -0.05) is 38.1 Å². The lowest BCUT2D eigenvalue weighted by Crippen LogP contribution is -2.18. The summed E-state index contributed by atoms with van der Waals surface area (Å²) >= 11 is 0. The monoisotopic (exact) mass is 205 g/mol. The van der Waals surface area contributed by atoms with E-state index in [1.807, 2.05) is 0 Å². The van der Waals surface area contributed by atoms with E-state index in [0.29, 0.717) is 12.5 Å². The number of alkyl carbamates (subject to hydrolysis) is 1. The summed E-state index contributed by atoms with van der Waals surface area (Å²) in [5.41, 5.74) is 2.41. The maximum Gasteiger partial charge on any atom is 0.407 e. The molecule has 3 heteroatoms. The van der Waals surface area contributed by atoms with Crippen LogP contribution >= 0.6 is 0 Å². The first-order valence-electron chi connectivity index (χ1n) is 5.20. The van der Waals surface area contributed by atoms with Crippen molar-refractivity contribution in [1.29, 1.82) is 0 Å². The van der Waals surface area contributed by atoms with Crippen LogP contribution < -0.4 is 5.32 Å². The van der Waals surface area contributed by atoms with Crippen molar-refractivity contribution in [2.45, 2.75) is 25.8 Å². The Balaban J connectivity index is 2.13. The number of carbonyl (C=O) groups excluding carboxylic acids is 1. The maximum atomic E-state index is 10.9. The van der Waals surface area contributed by atoms with Gasteiger partial charge in [-0.3, -0.25) is 0 Å². The minimum absolute atomic E-state index is 0.0127. The lowest BCUT2D eigenvalue weighted by molar-refractivity contribution is 0.177. The van der Waals surface area contributed by atoms with Crippen LogP contribution in [0, 0.1) is 0 Å². The number of hydrogen-bond donors (Lipinski definition) is 1. The summed E-state index contributed by atoms with van der Waals surface area (Å²) in [5.74, 6) is 0.536. The van der Waals surface area contributed by atoms with Crippen molar-refractivity contribution in [2.75, 3.05) is 6.61 Å². The Labute approximate surface area is 89.4 Å². The van der Waals surface area contributed by atoms with Gasteiger partial charge in [0.15, 0.2) is 0 Å². The van der Waals surface area contributed by atoms with Crippen LogP contribution in [0.5, 0.6) is 0 Å². The van der Waals surface area contributed by atoms with Crippen LogP contribution in [0.4, 0.5) is 4.79 Å². The van der Waals surface area contributed by atoms with Crippen molar-refractivity contribution in [2.24, 2.45) is 0 Å². The number of nitrogens with one attached hydrogen (secondary N) is 1. The molecular weight excluding hydrogens is 190 g/mol. The highest BCUT2D eigenvalue weighted by Gasteiger charge is 2.23. The van der Waals surface area contributed by atoms with E-state index in [-0.39, 0.29) is 12.1 Å². The van der Waals surface area contributed by atoms with Gasteiger partial charge in [0, 0.05) is 0 Å². The molecule has 1 aromatic carbocycles. The number of rotatable bonds is 2. The molecule has 1 aromatic rings. The van der Waals surface area contributed by atoms with Crippen LogP contribution in [-0.4, -0.2) is 12.7 Å². The largest absolute Gasteiger partial charge is 0.447 e. The molecule has 0 aliphatic carbocycles. The highest BCUT2D eigenvalue weighted by molar-refractivity contribution is 5.70. The molecule has 1 unspecified atom stereocenters. The predicted octanol–water partition coefficient (Wildman–Crippen LogP) is 2.59. The van der Waals surface area contributed by atoms with Gasteiger partial charge in [-0.05, 0) is 17.0 Å². The average Bonchev–Trinajstić information content (AvgIpc) is 2.65. The van der Waals surface area contributed by atoms with Crippen LogP contribution in [0.2, 0.25) is 0 Å². The second kappa shape index (κ2) is 3.93. The summed E-state index contributed by atoms with van der Waals surface area (Å²) in [6.45, 7) is 4.75. The zero-order valence-electron chi connectivity index (χ0n) is 8.99. The Bertz CT molecular complexity index is 356. The smallest absolute Gasteiger partial charge is 0.407 e. The van der Waals surface area contributed by atoms with Gasteiger partial charge >= 0.3 is 6.09 Å². The summed E-state index contributed by atoms with van der Waals surface area (Å²) in [4.78, 5) is 10.9. The van der Waals surface area contributed by atoms with Gasteiger partial charge in [0.25, 0.3) is 0 Å². The minimum atomic E-state index is -0.326. The van der Waals surface area contributed by atoms with Crippen molar-refractivity contribution in [1.82, 2.24) is 5.32 Å². The van der Waals surface area contributed by atoms with E-state index in [1.165, 1.54) is 5.56 Å². The molecule has 0 aromatic heterocycles. The van der Waals surface area contributed by atoms with Gasteiger partial charge < -0.3 is 10.1 Å². The van der Waals surface area contributed by atoms with Crippen LogP contribution in [0.15, 0.2) is 24.3 Å². The van der Waals surface area contributed by atoms with E-state index in [1.54, 1.807) is 0 Å². The maximum absolute atomic E-state index is 10.9. The quantitative estimate of drug-likeness (QED) is 0.805. The van der Waals surface area contributed by atoms with Crippen LogP contribution in [0.1, 0.15) is 36.9 Å². The molecule has 1 amide bonds. The second-order valence-electron chi connectivity index (χ2n) is 4.12. The molecule has 15 heavy (non-hydrogen) atoms. The van der Waals surface area contributed by atoms with E-state index in [9.17, 15) is 4.79 Å². The molecular formula is C12H15NO2. The summed E-state index contributed by atoms with van der Waals surface area (Å²) in [5, 5.41) is 2.76. The molecule has 1 atom stereocenters. The summed E-state index contributed by atoms with van der Waals surface area (Å²) in [7, 11) is 0. The van der Waals surface area contributed by atoms with Crippen molar-refractivity contribution in [3.63, 3.8) is 0 Å². The molecule has 1 N–H and O–H groups in total. The summed E-state index contributed by atoms with van der Waals surface area (Å²) in [6, 6.07) is 8.32. The summed E-state index contributed by atoms with van der Waals surface area (Å²) in [6.07, 6.45) is -0.326. The lowest BCUT2D eigenvalue weighted by Gasteiger charge is -2.10. The Hall–Kier alpha value is -1.51. The van der Waals surface area contributed by atoms with Crippen molar-refractivity contribution in [3.8, 4) is 0 Å². The molecule has 80 valence electrons. The Morgan fingerprint density at radius 2 is 2.00 bits per heavy atom. The fourth-order valence-corrected chi connectivity index (χ4v) is 1.68. The van der Waals surface area contributed by atoms with E-state index in [0.717, 1.165) is 5.56 Å². The summed E-state index contributed by atoms with van der Waals surface area (Å²) < 4.78 is 4.85. The van der Waals surface area contributed by atoms with Gasteiger partial charge in [-0.2, -0.15) is 0 Å². The second-order valence-corrected chi connectivity index (χ2v) is 4.12. The first kappa shape index (κ1) is 10.0. The topological polar surface area (TPSA) is 38.3 Å². The molecule has 1 fully saturated rings. The first-order valence-corrected chi connectivity index (χ1v) is 5.20. The van der Waals surface area contributed by atoms with Crippen molar-refractivity contribution < 1.29 is 9.53 Å². The first-order chi connectivity index (χ1) is 7.16. The van der Waals surface area contributed by atoms with Crippen molar-refractivity contribution >= 4 is 6.09 Å². The van der Waals surface area contributed by atoms with Gasteiger partial charge in [0.2, 0.25) is 0 Å². The Morgan fingerprint density at radius 3 is 2.47 bits per heavy atom. The van der Waals surface area contributed by atoms with E-state index >= 15 is 0 Å². The predicted molar refractivity (Wildman–Crippen MR) is 57.8 cm³/mol. The molecule has 3 nitrogen and oxygen atoms in total. The van der Waals surface area contributed by atoms with E-state index in [2.05, 4.69) is 43.4 Å². The van der Waals surface area contributed by atoms with Crippen LogP contribution in [0.25, 0.3) is 0 Å². The SMILES string of the molecule is CC(C)c1ccc(C2COC(=O)N2)cc1. The third-order valence-electron chi connectivity index (χ3n) is 2.68. The Kier molecular flexibility index (Phi) is 2.62. The van der Waals surface area contributed by atoms with E-state index < -0.39 is 0 Å². The average molecular weight is 205 g/mol. The molecule has 1 heterocycles. The van der Waals surface area contributed by atoms with Gasteiger partial charge in [-0.15, -0.1) is 0 Å². The minimum Gasteiger partial charge on any atom is -0.447 e. The zero-order valence-corrected chi connectivity index (χ0v) is 8.99. The number of carbonyl (C=O) groups is 1. The number of ether oxygens (including phenoxy) is 1. The fourth-order valence-electron chi connectivity index (χ4n) is 1.68. The highest BCUT2D eigenvalue weighted by Crippen LogP contribution is 2.21. The third-order valence-corrected chi connectivity index (χ3v) is 2.68. The molecule has 0 spiro atoms. The molecule has 0 bridgehead atoms. The van der Waals surface area contributed by atoms with Gasteiger partial charge in [-0.25, -0.2) is 4.79 Å². The lowest BCUT2D eigenvalue weighted by atomic mass is 9.99. The highest BCUT2D eigenvalue weighted by atomic mass is 16.6. The molecule has 0 radical (unpaired) electrons. The third kappa shape index (κ3) is 2.12. The number of benzene rings is 1. The normalized spacial score (nSPS) is 20.2. The van der Waals surface area contributed by atoms with E-state index in [4.69, 9.17) is 4.74 Å². The van der Waals surface area contributed by atoms with Gasteiger partial charge in [0.05, 0.1) is 6.04 Å². The molecule has 1 aliphatic rings. The number of hydrogen-bond acceptors (Lipinski definition) is 2. The standard InChI is InChI=1S/C12H15NO2/c1-8(2)9-3-5-10(6-4-9)11-7-15-12(14)13-11/h3-6,8,11H,7H2,1-2H3,(H,13,14). The molecule has 2 rings (SSSR count). The van der Waals surface area contributed by atoms with Crippen LogP contribution in [0.3, 0.4) is 0 Å². The molecule has 1 saturated heterocycles. The fraction of sp³-hybridized carbons (Fsp3) is 0.417.